The van der Waals surface area contributed by atoms with Crippen molar-refractivity contribution in [2.75, 3.05) is 0 Å². The van der Waals surface area contributed by atoms with Crippen molar-refractivity contribution in [2.45, 2.75) is 0 Å². The molecule has 1 aliphatic rings. The minimum atomic E-state index is -0.323. The number of rotatable bonds is 5. The summed E-state index contributed by atoms with van der Waals surface area (Å²) >= 11 is -0.323. The van der Waals surface area contributed by atoms with Gasteiger partial charge in [-0.05, 0) is 12.1 Å². The van der Waals surface area contributed by atoms with E-state index < -0.39 is 0 Å². The summed E-state index contributed by atoms with van der Waals surface area (Å²) in [6.07, 6.45) is 1.82. The predicted octanol–water partition coefficient (Wildman–Crippen LogP) is 8.21. The number of hydrogen-bond donors (Lipinski definition) is 0. The standard InChI is InChI=1S/C45H27IN3O/c1-2-11-30(12-3-1)45-48-39(29-22-20-28(21-23-29)38-18-8-9-26-47-38)27-40(49-45)35-25-24-34(44-42(35)36-14-5-7-19-41(36)50-44)33-16-10-15-32-31-13-4-6-17-37(31)46-43(32)33/h1-27H/q-1. The van der Waals surface area contributed by atoms with E-state index in [0.717, 1.165) is 66.8 Å². The summed E-state index contributed by atoms with van der Waals surface area (Å²) in [6, 6.07) is 55.1. The Morgan fingerprint density at radius 1 is 0.460 bits per heavy atom. The van der Waals surface area contributed by atoms with E-state index in [0.29, 0.717) is 5.82 Å². The van der Waals surface area contributed by atoms with Crippen molar-refractivity contribution in [1.29, 1.82) is 0 Å². The molecule has 0 radical (unpaired) electrons. The van der Waals surface area contributed by atoms with E-state index in [2.05, 4.69) is 120 Å². The molecule has 0 atom stereocenters. The third kappa shape index (κ3) is 4.84. The van der Waals surface area contributed by atoms with Crippen LogP contribution in [0.2, 0.25) is 0 Å². The first-order valence-corrected chi connectivity index (χ1v) is 18.7. The van der Waals surface area contributed by atoms with Gasteiger partial charge in [0.05, 0.1) is 5.69 Å². The number of benzene rings is 6. The van der Waals surface area contributed by atoms with Crippen LogP contribution in [0, 0.1) is 7.14 Å². The summed E-state index contributed by atoms with van der Waals surface area (Å²) in [5.41, 5.74) is 13.5. The van der Waals surface area contributed by atoms with Crippen molar-refractivity contribution in [1.82, 2.24) is 15.0 Å². The molecule has 0 amide bonds. The Kier molecular flexibility index (Phi) is 6.91. The normalized spacial score (nSPS) is 12.1. The summed E-state index contributed by atoms with van der Waals surface area (Å²) in [5.74, 6) is 0.681. The van der Waals surface area contributed by atoms with Gasteiger partial charge in [0, 0.05) is 11.8 Å². The van der Waals surface area contributed by atoms with Gasteiger partial charge in [-0.15, -0.1) is 0 Å². The van der Waals surface area contributed by atoms with E-state index in [1.807, 2.05) is 48.7 Å². The first-order valence-electron chi connectivity index (χ1n) is 16.6. The molecule has 236 valence electrons. The van der Waals surface area contributed by atoms with Crippen LogP contribution >= 0.6 is 0 Å². The van der Waals surface area contributed by atoms with Crippen LogP contribution in [0.3, 0.4) is 0 Å². The van der Waals surface area contributed by atoms with E-state index in [9.17, 15) is 0 Å². The van der Waals surface area contributed by atoms with E-state index in [1.165, 1.54) is 23.8 Å². The molecule has 6 aromatic carbocycles. The SMILES string of the molecule is c1ccc(-c2nc(-c3ccc(-c4ccccn4)cc3)cc(-c3ccc(-c4cccc5c4[I-]c4ccccc4-5)c4oc5ccccc5c34)n2)cc1. The Labute approximate surface area is 299 Å². The number of halogens is 1. The zero-order valence-corrected chi connectivity index (χ0v) is 28.9. The van der Waals surface area contributed by atoms with Gasteiger partial charge in [-0.25, -0.2) is 0 Å². The molecule has 0 aliphatic carbocycles. The molecule has 9 aromatic rings. The Bertz CT molecular complexity index is 2720. The predicted molar refractivity (Wildman–Crippen MR) is 197 cm³/mol. The molecule has 0 unspecified atom stereocenters. The number of hydrogen-bond acceptors (Lipinski definition) is 4. The molecule has 0 fully saturated rings. The molecule has 1 aliphatic heterocycles. The van der Waals surface area contributed by atoms with E-state index >= 15 is 0 Å². The Hall–Kier alpha value is -5.92. The summed E-state index contributed by atoms with van der Waals surface area (Å²) < 4.78 is 9.71. The molecule has 3 aromatic heterocycles. The molecule has 0 saturated heterocycles. The average Bonchev–Trinajstić information content (AvgIpc) is 3.78. The Morgan fingerprint density at radius 3 is 1.98 bits per heavy atom. The third-order valence-corrected chi connectivity index (χ3v) is 12.6. The second kappa shape index (κ2) is 11.9. The summed E-state index contributed by atoms with van der Waals surface area (Å²) in [4.78, 5) is 14.9. The van der Waals surface area contributed by atoms with Crippen molar-refractivity contribution in [2.24, 2.45) is 0 Å². The number of furan rings is 1. The van der Waals surface area contributed by atoms with Crippen LogP contribution in [0.4, 0.5) is 0 Å². The number of aromatic nitrogens is 3. The van der Waals surface area contributed by atoms with Crippen molar-refractivity contribution in [3.63, 3.8) is 0 Å². The van der Waals surface area contributed by atoms with E-state index in [1.54, 1.807) is 0 Å². The zero-order valence-electron chi connectivity index (χ0n) is 26.7. The van der Waals surface area contributed by atoms with Gasteiger partial charge in [-0.1, -0.05) is 12.1 Å². The fourth-order valence-electron chi connectivity index (χ4n) is 6.96. The topological polar surface area (TPSA) is 51.8 Å². The third-order valence-electron chi connectivity index (χ3n) is 9.35. The van der Waals surface area contributed by atoms with Gasteiger partial charge in [0.25, 0.3) is 0 Å². The molecule has 50 heavy (non-hydrogen) atoms. The van der Waals surface area contributed by atoms with Gasteiger partial charge in [0.2, 0.25) is 0 Å². The molecule has 0 saturated carbocycles. The molecule has 0 N–H and O–H groups in total. The molecular formula is C45H27IN3O-. The zero-order chi connectivity index (χ0) is 33.0. The Balaban J connectivity index is 1.18. The minimum absolute atomic E-state index is 0.323. The number of para-hydroxylation sites is 1. The van der Waals surface area contributed by atoms with Crippen LogP contribution in [0.15, 0.2) is 168 Å². The maximum atomic E-state index is 6.78. The second-order valence-electron chi connectivity index (χ2n) is 12.3. The van der Waals surface area contributed by atoms with Gasteiger partial charge < -0.3 is 0 Å². The Morgan fingerprint density at radius 2 is 1.14 bits per heavy atom. The molecule has 0 spiro atoms. The molecular weight excluding hydrogens is 725 g/mol. The van der Waals surface area contributed by atoms with Gasteiger partial charge in [-0.2, -0.15) is 0 Å². The van der Waals surface area contributed by atoms with Gasteiger partial charge in [0.15, 0.2) is 0 Å². The van der Waals surface area contributed by atoms with Crippen LogP contribution in [-0.2, 0) is 0 Å². The van der Waals surface area contributed by atoms with Crippen molar-refractivity contribution < 1.29 is 25.6 Å². The molecule has 10 rings (SSSR count). The number of fused-ring (bicyclic) bond motifs is 6. The van der Waals surface area contributed by atoms with Crippen molar-refractivity contribution in [3.05, 3.63) is 171 Å². The molecule has 5 heteroatoms. The van der Waals surface area contributed by atoms with Crippen LogP contribution < -0.4 is 21.2 Å². The second-order valence-corrected chi connectivity index (χ2v) is 15.1. The quantitative estimate of drug-likeness (QED) is 0.167. The van der Waals surface area contributed by atoms with E-state index in [-0.39, 0.29) is 21.2 Å². The average molecular weight is 753 g/mol. The molecule has 4 heterocycles. The van der Waals surface area contributed by atoms with Crippen molar-refractivity contribution in [3.8, 4) is 67.4 Å². The maximum absolute atomic E-state index is 6.78. The number of nitrogens with zero attached hydrogens (tertiary/aromatic N) is 3. The number of pyridine rings is 1. The van der Waals surface area contributed by atoms with Crippen molar-refractivity contribution >= 4 is 21.9 Å². The van der Waals surface area contributed by atoms with Crippen LogP contribution in [0.5, 0.6) is 0 Å². The summed E-state index contributed by atoms with van der Waals surface area (Å²) in [5, 5.41) is 2.14. The first-order chi connectivity index (χ1) is 24.8. The summed E-state index contributed by atoms with van der Waals surface area (Å²) in [7, 11) is 0. The summed E-state index contributed by atoms with van der Waals surface area (Å²) in [6.45, 7) is 0. The van der Waals surface area contributed by atoms with Gasteiger partial charge in [-0.3, -0.25) is 4.98 Å². The monoisotopic (exact) mass is 752 g/mol. The molecule has 4 nitrogen and oxygen atoms in total. The van der Waals surface area contributed by atoms with Gasteiger partial charge >= 0.3 is 254 Å². The first kappa shape index (κ1) is 29.0. The van der Waals surface area contributed by atoms with E-state index in [4.69, 9.17) is 14.4 Å². The van der Waals surface area contributed by atoms with Gasteiger partial charge in [0.1, 0.15) is 0 Å². The molecule has 0 bridgehead atoms. The fraction of sp³-hybridized carbons (Fsp3) is 0. The van der Waals surface area contributed by atoms with Crippen LogP contribution in [-0.4, -0.2) is 15.0 Å². The van der Waals surface area contributed by atoms with Crippen LogP contribution in [0.25, 0.3) is 89.4 Å². The van der Waals surface area contributed by atoms with Crippen LogP contribution in [0.1, 0.15) is 0 Å². The fourth-order valence-corrected chi connectivity index (χ4v) is 10.2.